The molecule has 1 aromatic carbocycles. The van der Waals surface area contributed by atoms with Gasteiger partial charge in [0.05, 0.1) is 5.92 Å². The third-order valence-electron chi connectivity index (χ3n) is 2.71. The standard InChI is InChI=1S/C13H18O2/c1-10(2)12(13(14)15)9-8-11-6-4-3-5-7-11/h3-7,10,12H,8-9H2,1-2H3,(H,14,15)/t12-/m1/s1. The lowest BCUT2D eigenvalue weighted by atomic mass is 9.90. The summed E-state index contributed by atoms with van der Waals surface area (Å²) in [5.74, 6) is -0.711. The van der Waals surface area contributed by atoms with E-state index in [1.54, 1.807) is 0 Å². The Bertz CT molecular complexity index is 304. The third-order valence-corrected chi connectivity index (χ3v) is 2.71. The Hall–Kier alpha value is -1.31. The van der Waals surface area contributed by atoms with Crippen molar-refractivity contribution in [2.45, 2.75) is 26.7 Å². The molecule has 2 nitrogen and oxygen atoms in total. The van der Waals surface area contributed by atoms with Crippen molar-refractivity contribution in [3.8, 4) is 0 Å². The molecule has 1 atom stereocenters. The highest BCUT2D eigenvalue weighted by molar-refractivity contribution is 5.70. The lowest BCUT2D eigenvalue weighted by Crippen LogP contribution is -2.20. The first-order valence-electron chi connectivity index (χ1n) is 5.38. The fourth-order valence-electron chi connectivity index (χ4n) is 1.71. The van der Waals surface area contributed by atoms with Gasteiger partial charge in [0.1, 0.15) is 0 Å². The van der Waals surface area contributed by atoms with Crippen LogP contribution in [0.1, 0.15) is 25.8 Å². The molecule has 0 radical (unpaired) electrons. The number of rotatable bonds is 5. The van der Waals surface area contributed by atoms with Gasteiger partial charge in [0.15, 0.2) is 0 Å². The SMILES string of the molecule is CC(C)[C@@H](CCc1ccccc1)C(=O)O. The molecule has 0 saturated heterocycles. The van der Waals surface area contributed by atoms with E-state index in [2.05, 4.69) is 0 Å². The fourth-order valence-corrected chi connectivity index (χ4v) is 1.71. The van der Waals surface area contributed by atoms with Gasteiger partial charge in [-0.25, -0.2) is 0 Å². The maximum absolute atomic E-state index is 11.0. The number of hydrogen-bond donors (Lipinski definition) is 1. The van der Waals surface area contributed by atoms with Crippen LogP contribution < -0.4 is 0 Å². The lowest BCUT2D eigenvalue weighted by Gasteiger charge is -2.15. The molecule has 15 heavy (non-hydrogen) atoms. The molecule has 2 heteroatoms. The van der Waals surface area contributed by atoms with Gasteiger partial charge in [-0.1, -0.05) is 44.2 Å². The second-order valence-corrected chi connectivity index (χ2v) is 4.21. The Morgan fingerprint density at radius 3 is 2.33 bits per heavy atom. The Balaban J connectivity index is 2.51. The highest BCUT2D eigenvalue weighted by Crippen LogP contribution is 2.18. The van der Waals surface area contributed by atoms with Crippen molar-refractivity contribution in [2.24, 2.45) is 11.8 Å². The van der Waals surface area contributed by atoms with Gasteiger partial charge in [0, 0.05) is 0 Å². The van der Waals surface area contributed by atoms with Crippen molar-refractivity contribution in [1.29, 1.82) is 0 Å². The van der Waals surface area contributed by atoms with Gasteiger partial charge >= 0.3 is 5.97 Å². The zero-order valence-electron chi connectivity index (χ0n) is 9.31. The minimum atomic E-state index is -0.680. The second kappa shape index (κ2) is 5.54. The van der Waals surface area contributed by atoms with Gasteiger partial charge in [0.2, 0.25) is 0 Å². The van der Waals surface area contributed by atoms with Gasteiger partial charge in [-0.2, -0.15) is 0 Å². The van der Waals surface area contributed by atoms with E-state index >= 15 is 0 Å². The van der Waals surface area contributed by atoms with Crippen LogP contribution in [0, 0.1) is 11.8 Å². The highest BCUT2D eigenvalue weighted by Gasteiger charge is 2.20. The maximum atomic E-state index is 11.0. The molecule has 0 aliphatic heterocycles. The van der Waals surface area contributed by atoms with Crippen molar-refractivity contribution in [2.75, 3.05) is 0 Å². The van der Waals surface area contributed by atoms with Gasteiger partial charge in [-0.3, -0.25) is 4.79 Å². The number of aliphatic carboxylic acids is 1. The molecule has 0 aromatic heterocycles. The van der Waals surface area contributed by atoms with Crippen LogP contribution >= 0.6 is 0 Å². The normalized spacial score (nSPS) is 12.7. The molecule has 0 aliphatic carbocycles. The molecule has 1 aromatic rings. The third kappa shape index (κ3) is 3.74. The zero-order chi connectivity index (χ0) is 11.3. The molecular weight excluding hydrogens is 188 g/mol. The van der Waals surface area contributed by atoms with Crippen molar-refractivity contribution in [3.05, 3.63) is 35.9 Å². The van der Waals surface area contributed by atoms with E-state index in [9.17, 15) is 4.79 Å². The van der Waals surface area contributed by atoms with Crippen molar-refractivity contribution < 1.29 is 9.90 Å². The summed E-state index contributed by atoms with van der Waals surface area (Å²) in [7, 11) is 0. The van der Waals surface area contributed by atoms with E-state index in [0.29, 0.717) is 0 Å². The lowest BCUT2D eigenvalue weighted by molar-refractivity contribution is -0.143. The minimum absolute atomic E-state index is 0.200. The smallest absolute Gasteiger partial charge is 0.306 e. The van der Waals surface area contributed by atoms with Gasteiger partial charge in [-0.15, -0.1) is 0 Å². The summed E-state index contributed by atoms with van der Waals surface area (Å²) in [5.41, 5.74) is 1.21. The quantitative estimate of drug-likeness (QED) is 0.804. The van der Waals surface area contributed by atoms with Gasteiger partial charge < -0.3 is 5.11 Å². The van der Waals surface area contributed by atoms with Gasteiger partial charge in [0.25, 0.3) is 0 Å². The first-order valence-corrected chi connectivity index (χ1v) is 5.38. The van der Waals surface area contributed by atoms with Crippen molar-refractivity contribution in [1.82, 2.24) is 0 Å². The summed E-state index contributed by atoms with van der Waals surface area (Å²) in [5, 5.41) is 9.02. The fraction of sp³-hybridized carbons (Fsp3) is 0.462. The average Bonchev–Trinajstić information content (AvgIpc) is 2.18. The molecule has 1 N–H and O–H groups in total. The number of carbonyl (C=O) groups is 1. The Labute approximate surface area is 90.9 Å². The zero-order valence-corrected chi connectivity index (χ0v) is 9.31. The van der Waals surface area contributed by atoms with Crippen LogP contribution in [0.5, 0.6) is 0 Å². The van der Waals surface area contributed by atoms with Crippen LogP contribution in [0.25, 0.3) is 0 Å². The molecule has 0 aliphatic rings. The molecule has 0 unspecified atom stereocenters. The predicted octanol–water partition coefficient (Wildman–Crippen LogP) is 2.98. The van der Waals surface area contributed by atoms with Crippen LogP contribution in [0.15, 0.2) is 30.3 Å². The number of carboxylic acid groups (broad SMARTS) is 1. The average molecular weight is 206 g/mol. The minimum Gasteiger partial charge on any atom is -0.481 e. The van der Waals surface area contributed by atoms with E-state index in [1.807, 2.05) is 44.2 Å². The van der Waals surface area contributed by atoms with Crippen LogP contribution in [0.2, 0.25) is 0 Å². The van der Waals surface area contributed by atoms with E-state index in [-0.39, 0.29) is 11.8 Å². The molecule has 1 rings (SSSR count). The Morgan fingerprint density at radius 2 is 1.87 bits per heavy atom. The number of carboxylic acids is 1. The summed E-state index contributed by atoms with van der Waals surface area (Å²) < 4.78 is 0. The van der Waals surface area contributed by atoms with E-state index in [4.69, 9.17) is 5.11 Å². The maximum Gasteiger partial charge on any atom is 0.306 e. The van der Waals surface area contributed by atoms with Crippen LogP contribution in [0.4, 0.5) is 0 Å². The summed E-state index contributed by atoms with van der Waals surface area (Å²) in [4.78, 5) is 11.0. The predicted molar refractivity (Wildman–Crippen MR) is 60.7 cm³/mol. The summed E-state index contributed by atoms with van der Waals surface area (Å²) in [6.07, 6.45) is 1.56. The molecular formula is C13H18O2. The molecule has 0 amide bonds. The molecule has 0 spiro atoms. The largest absolute Gasteiger partial charge is 0.481 e. The number of hydrogen-bond acceptors (Lipinski definition) is 1. The second-order valence-electron chi connectivity index (χ2n) is 4.21. The van der Waals surface area contributed by atoms with E-state index < -0.39 is 5.97 Å². The first-order chi connectivity index (χ1) is 7.11. The Kier molecular flexibility index (Phi) is 4.35. The molecule has 0 bridgehead atoms. The van der Waals surface area contributed by atoms with Gasteiger partial charge in [-0.05, 0) is 24.3 Å². The number of aryl methyl sites for hydroxylation is 1. The summed E-state index contributed by atoms with van der Waals surface area (Å²) in [6.45, 7) is 3.92. The van der Waals surface area contributed by atoms with Crippen LogP contribution in [-0.4, -0.2) is 11.1 Å². The summed E-state index contributed by atoms with van der Waals surface area (Å²) in [6, 6.07) is 10.0. The molecule has 0 fully saturated rings. The highest BCUT2D eigenvalue weighted by atomic mass is 16.4. The summed E-state index contributed by atoms with van der Waals surface area (Å²) >= 11 is 0. The topological polar surface area (TPSA) is 37.3 Å². The molecule has 0 saturated carbocycles. The molecule has 0 heterocycles. The monoisotopic (exact) mass is 206 g/mol. The first kappa shape index (κ1) is 11.8. The van der Waals surface area contributed by atoms with E-state index in [1.165, 1.54) is 5.56 Å². The molecule has 82 valence electrons. The van der Waals surface area contributed by atoms with Crippen molar-refractivity contribution in [3.63, 3.8) is 0 Å². The number of benzene rings is 1. The van der Waals surface area contributed by atoms with E-state index in [0.717, 1.165) is 12.8 Å². The van der Waals surface area contributed by atoms with Crippen LogP contribution in [0.3, 0.4) is 0 Å². The van der Waals surface area contributed by atoms with Crippen molar-refractivity contribution >= 4 is 5.97 Å². The Morgan fingerprint density at radius 1 is 1.27 bits per heavy atom. The van der Waals surface area contributed by atoms with Crippen LogP contribution in [-0.2, 0) is 11.2 Å².